The molecule has 2 fully saturated rings. The standard InChI is InChI=1S/C27H30N4O/c32-25(21-14-6-2-7-15-21)30-23-17-9-8-16-22(23)27(18-10-3-11-19-27)31-26(30)28-24(29-31)20-12-4-1-5-13-20/h1-2,4-7,12-15,22-23H,3,8-11,16-19H2/t22-,23+/m1/s1. The highest BCUT2D eigenvalue weighted by molar-refractivity contribution is 6.06. The molecule has 6 rings (SSSR count). The van der Waals surface area contributed by atoms with Crippen LogP contribution in [0.3, 0.4) is 0 Å². The molecule has 0 bridgehead atoms. The van der Waals surface area contributed by atoms with Crippen LogP contribution in [0.5, 0.6) is 0 Å². The highest BCUT2D eigenvalue weighted by atomic mass is 16.2. The Morgan fingerprint density at radius 2 is 1.53 bits per heavy atom. The van der Waals surface area contributed by atoms with Crippen molar-refractivity contribution in [3.8, 4) is 11.4 Å². The Bertz CT molecular complexity index is 1100. The third-order valence-corrected chi connectivity index (χ3v) is 7.97. The summed E-state index contributed by atoms with van der Waals surface area (Å²) in [6, 6.07) is 20.1. The number of anilines is 1. The van der Waals surface area contributed by atoms with Gasteiger partial charge in [0.15, 0.2) is 5.82 Å². The van der Waals surface area contributed by atoms with Crippen molar-refractivity contribution in [2.45, 2.75) is 69.4 Å². The van der Waals surface area contributed by atoms with E-state index in [1.54, 1.807) is 0 Å². The van der Waals surface area contributed by atoms with Gasteiger partial charge in [-0.25, -0.2) is 4.68 Å². The Morgan fingerprint density at radius 1 is 0.844 bits per heavy atom. The van der Waals surface area contributed by atoms with Crippen LogP contribution in [-0.4, -0.2) is 26.7 Å². The number of hydrogen-bond donors (Lipinski definition) is 0. The largest absolute Gasteiger partial charge is 0.273 e. The van der Waals surface area contributed by atoms with Crippen LogP contribution in [0.15, 0.2) is 60.7 Å². The molecule has 1 spiro atoms. The Kier molecular flexibility index (Phi) is 4.85. The molecule has 1 aliphatic heterocycles. The average molecular weight is 427 g/mol. The third kappa shape index (κ3) is 3.01. The monoisotopic (exact) mass is 426 g/mol. The van der Waals surface area contributed by atoms with Gasteiger partial charge in [0.05, 0.1) is 5.54 Å². The van der Waals surface area contributed by atoms with Gasteiger partial charge in [0, 0.05) is 23.1 Å². The second-order valence-electron chi connectivity index (χ2n) is 9.68. The van der Waals surface area contributed by atoms with E-state index in [0.717, 1.165) is 42.2 Å². The normalized spacial score (nSPS) is 24.1. The fourth-order valence-electron chi connectivity index (χ4n) is 6.53. The molecule has 5 heteroatoms. The average Bonchev–Trinajstić information content (AvgIpc) is 3.32. The summed E-state index contributed by atoms with van der Waals surface area (Å²) in [6.07, 6.45) is 10.7. The quantitative estimate of drug-likeness (QED) is 0.518. The zero-order chi connectivity index (χ0) is 21.5. The molecule has 0 N–H and O–H groups in total. The molecule has 2 heterocycles. The maximum Gasteiger partial charge on any atom is 0.260 e. The highest BCUT2D eigenvalue weighted by Gasteiger charge is 2.55. The summed E-state index contributed by atoms with van der Waals surface area (Å²) in [5.74, 6) is 1.99. The lowest BCUT2D eigenvalue weighted by atomic mass is 9.64. The number of carbonyl (C=O) groups is 1. The predicted molar refractivity (Wildman–Crippen MR) is 126 cm³/mol. The van der Waals surface area contributed by atoms with Crippen LogP contribution in [0.2, 0.25) is 0 Å². The Labute approximate surface area is 189 Å². The first-order valence-electron chi connectivity index (χ1n) is 12.2. The number of fused-ring (bicyclic) bond motifs is 4. The van der Waals surface area contributed by atoms with Crippen LogP contribution in [0.1, 0.15) is 68.1 Å². The molecule has 164 valence electrons. The minimum Gasteiger partial charge on any atom is -0.273 e. The smallest absolute Gasteiger partial charge is 0.260 e. The topological polar surface area (TPSA) is 51.0 Å². The molecule has 2 saturated carbocycles. The molecular weight excluding hydrogens is 396 g/mol. The molecular formula is C27H30N4O. The van der Waals surface area contributed by atoms with E-state index in [2.05, 4.69) is 16.8 Å². The van der Waals surface area contributed by atoms with Crippen molar-refractivity contribution < 1.29 is 4.79 Å². The van der Waals surface area contributed by atoms with E-state index in [1.165, 1.54) is 38.5 Å². The zero-order valence-corrected chi connectivity index (χ0v) is 18.5. The Morgan fingerprint density at radius 3 is 2.28 bits per heavy atom. The van der Waals surface area contributed by atoms with Crippen molar-refractivity contribution in [1.29, 1.82) is 0 Å². The van der Waals surface area contributed by atoms with Gasteiger partial charge in [-0.2, -0.15) is 4.98 Å². The molecule has 3 aliphatic rings. The van der Waals surface area contributed by atoms with Crippen molar-refractivity contribution in [3.05, 3.63) is 66.2 Å². The molecule has 2 aromatic carbocycles. The predicted octanol–water partition coefficient (Wildman–Crippen LogP) is 5.82. The first-order chi connectivity index (χ1) is 15.8. The van der Waals surface area contributed by atoms with Gasteiger partial charge in [-0.05, 0) is 37.8 Å². The van der Waals surface area contributed by atoms with Gasteiger partial charge < -0.3 is 0 Å². The van der Waals surface area contributed by atoms with E-state index in [4.69, 9.17) is 10.1 Å². The van der Waals surface area contributed by atoms with Crippen molar-refractivity contribution in [2.75, 3.05) is 4.90 Å². The van der Waals surface area contributed by atoms with Gasteiger partial charge in [-0.15, -0.1) is 5.10 Å². The molecule has 2 aliphatic carbocycles. The summed E-state index contributed by atoms with van der Waals surface area (Å²) < 4.78 is 2.20. The molecule has 0 radical (unpaired) electrons. The first-order valence-corrected chi connectivity index (χ1v) is 12.2. The van der Waals surface area contributed by atoms with E-state index in [9.17, 15) is 4.79 Å². The summed E-state index contributed by atoms with van der Waals surface area (Å²) in [5.41, 5.74) is 1.73. The van der Waals surface area contributed by atoms with Gasteiger partial charge in [-0.3, -0.25) is 9.69 Å². The van der Waals surface area contributed by atoms with Gasteiger partial charge in [0.25, 0.3) is 5.91 Å². The van der Waals surface area contributed by atoms with Gasteiger partial charge in [0.2, 0.25) is 5.95 Å². The van der Waals surface area contributed by atoms with Crippen molar-refractivity contribution in [3.63, 3.8) is 0 Å². The van der Waals surface area contributed by atoms with Gasteiger partial charge >= 0.3 is 0 Å². The fraction of sp³-hybridized carbons (Fsp3) is 0.444. The minimum atomic E-state index is -0.00777. The van der Waals surface area contributed by atoms with Crippen LogP contribution in [0, 0.1) is 5.92 Å². The second-order valence-corrected chi connectivity index (χ2v) is 9.68. The van der Waals surface area contributed by atoms with E-state index >= 15 is 0 Å². The summed E-state index contributed by atoms with van der Waals surface area (Å²) in [4.78, 5) is 20.9. The van der Waals surface area contributed by atoms with Crippen LogP contribution < -0.4 is 4.90 Å². The molecule has 1 aromatic heterocycles. The first kappa shape index (κ1) is 19.7. The maximum absolute atomic E-state index is 13.9. The van der Waals surface area contributed by atoms with E-state index < -0.39 is 0 Å². The van der Waals surface area contributed by atoms with E-state index in [1.807, 2.05) is 53.4 Å². The number of nitrogens with zero attached hydrogens (tertiary/aromatic N) is 4. The summed E-state index contributed by atoms with van der Waals surface area (Å²) in [5, 5.41) is 5.13. The maximum atomic E-state index is 13.9. The molecule has 1 amide bonds. The van der Waals surface area contributed by atoms with Crippen molar-refractivity contribution in [2.24, 2.45) is 5.92 Å². The molecule has 5 nitrogen and oxygen atoms in total. The van der Waals surface area contributed by atoms with Crippen LogP contribution in [0.4, 0.5) is 5.95 Å². The van der Waals surface area contributed by atoms with E-state index in [0.29, 0.717) is 5.92 Å². The summed E-state index contributed by atoms with van der Waals surface area (Å²) in [6.45, 7) is 0. The highest BCUT2D eigenvalue weighted by Crippen LogP contribution is 2.53. The lowest BCUT2D eigenvalue weighted by Crippen LogP contribution is -2.61. The minimum absolute atomic E-state index is 0.00777. The lowest BCUT2D eigenvalue weighted by Gasteiger charge is -2.55. The van der Waals surface area contributed by atoms with Crippen molar-refractivity contribution >= 4 is 11.9 Å². The number of rotatable bonds is 2. The van der Waals surface area contributed by atoms with Crippen LogP contribution in [0.25, 0.3) is 11.4 Å². The number of amides is 1. The molecule has 32 heavy (non-hydrogen) atoms. The molecule has 0 saturated heterocycles. The number of carbonyl (C=O) groups excluding carboxylic acids is 1. The summed E-state index contributed by atoms with van der Waals surface area (Å²) in [7, 11) is 0. The fourth-order valence-corrected chi connectivity index (χ4v) is 6.53. The molecule has 3 aromatic rings. The van der Waals surface area contributed by atoms with Crippen molar-refractivity contribution in [1.82, 2.24) is 14.8 Å². The van der Waals surface area contributed by atoms with Gasteiger partial charge in [0.1, 0.15) is 0 Å². The van der Waals surface area contributed by atoms with Crippen LogP contribution in [-0.2, 0) is 5.54 Å². The zero-order valence-electron chi connectivity index (χ0n) is 18.5. The molecule has 0 unspecified atom stereocenters. The Hall–Kier alpha value is -2.95. The SMILES string of the molecule is O=C(c1ccccc1)N1c2nc(-c3ccccc3)nn2C2(CCCCC2)[C@@H]2CCCC[C@@H]21. The third-order valence-electron chi connectivity index (χ3n) is 7.97. The number of benzene rings is 2. The summed E-state index contributed by atoms with van der Waals surface area (Å²) >= 11 is 0. The molecule has 2 atom stereocenters. The van der Waals surface area contributed by atoms with Crippen LogP contribution >= 0.6 is 0 Å². The van der Waals surface area contributed by atoms with Gasteiger partial charge in [-0.1, -0.05) is 80.6 Å². The van der Waals surface area contributed by atoms with E-state index in [-0.39, 0.29) is 17.5 Å². The Balaban J connectivity index is 1.55. The lowest BCUT2D eigenvalue weighted by molar-refractivity contribution is 0.0314. The second kappa shape index (κ2) is 7.88. The number of hydrogen-bond acceptors (Lipinski definition) is 3. The number of aromatic nitrogens is 3.